The first-order chi connectivity index (χ1) is 9.46. The van der Waals surface area contributed by atoms with E-state index in [0.717, 1.165) is 0 Å². The van der Waals surface area contributed by atoms with Crippen molar-refractivity contribution in [2.24, 2.45) is 0 Å². The fourth-order valence-electron chi connectivity index (χ4n) is 1.56. The fraction of sp³-hybridized carbons (Fsp3) is 0.571. The monoisotopic (exact) mass is 305 g/mol. The van der Waals surface area contributed by atoms with Crippen molar-refractivity contribution in [3.8, 4) is 5.88 Å². The highest BCUT2D eigenvalue weighted by molar-refractivity contribution is 5.73. The number of pyridine rings is 1. The lowest BCUT2D eigenvalue weighted by Crippen LogP contribution is -2.25. The molecule has 0 atom stereocenters. The summed E-state index contributed by atoms with van der Waals surface area (Å²) in [4.78, 5) is 15.5. The quantitative estimate of drug-likeness (QED) is 0.801. The SMILES string of the molecule is Cc1cc(CC(=O)OC(C)(C)C)cnc1OCC(F)(F)F. The van der Waals surface area contributed by atoms with Gasteiger partial charge in [-0.2, -0.15) is 13.2 Å². The number of carbonyl (C=O) groups excluding carboxylic acids is 1. The summed E-state index contributed by atoms with van der Waals surface area (Å²) in [5, 5.41) is 0. The van der Waals surface area contributed by atoms with Gasteiger partial charge in [0.2, 0.25) is 5.88 Å². The fourth-order valence-corrected chi connectivity index (χ4v) is 1.56. The van der Waals surface area contributed by atoms with Crippen LogP contribution in [0.15, 0.2) is 12.3 Å². The van der Waals surface area contributed by atoms with Crippen molar-refractivity contribution in [2.75, 3.05) is 6.61 Å². The van der Waals surface area contributed by atoms with E-state index in [-0.39, 0.29) is 12.3 Å². The second kappa shape index (κ2) is 6.32. The summed E-state index contributed by atoms with van der Waals surface area (Å²) in [5.74, 6) is -0.520. The van der Waals surface area contributed by atoms with E-state index in [9.17, 15) is 18.0 Å². The lowest BCUT2D eigenvalue weighted by molar-refractivity contribution is -0.154. The van der Waals surface area contributed by atoms with E-state index in [1.165, 1.54) is 6.20 Å². The maximum absolute atomic E-state index is 12.1. The molecule has 0 aliphatic heterocycles. The van der Waals surface area contributed by atoms with Gasteiger partial charge in [-0.05, 0) is 39.3 Å². The van der Waals surface area contributed by atoms with Gasteiger partial charge < -0.3 is 9.47 Å². The summed E-state index contributed by atoms with van der Waals surface area (Å²) < 4.78 is 46.0. The minimum Gasteiger partial charge on any atom is -0.468 e. The molecule has 0 spiro atoms. The number of ether oxygens (including phenoxy) is 2. The minimum atomic E-state index is -4.41. The predicted octanol–water partition coefficient (Wildman–Crippen LogP) is 3.22. The molecule has 0 amide bonds. The van der Waals surface area contributed by atoms with Crippen LogP contribution in [0.4, 0.5) is 13.2 Å². The molecule has 1 rings (SSSR count). The van der Waals surface area contributed by atoms with Crippen LogP contribution in [0.2, 0.25) is 0 Å². The van der Waals surface area contributed by atoms with Gasteiger partial charge >= 0.3 is 12.1 Å². The number of aromatic nitrogens is 1. The lowest BCUT2D eigenvalue weighted by atomic mass is 10.1. The Morgan fingerprint density at radius 3 is 2.38 bits per heavy atom. The number of hydrogen-bond acceptors (Lipinski definition) is 4. The number of rotatable bonds is 4. The molecule has 4 nitrogen and oxygen atoms in total. The molecule has 1 aromatic heterocycles. The largest absolute Gasteiger partial charge is 0.468 e. The Balaban J connectivity index is 2.68. The molecule has 0 radical (unpaired) electrons. The molecule has 118 valence electrons. The van der Waals surface area contributed by atoms with Crippen molar-refractivity contribution in [2.45, 2.75) is 45.9 Å². The normalized spacial score (nSPS) is 12.1. The summed E-state index contributed by atoms with van der Waals surface area (Å²) >= 11 is 0. The van der Waals surface area contributed by atoms with Crippen LogP contribution in [0, 0.1) is 6.92 Å². The highest BCUT2D eigenvalue weighted by Gasteiger charge is 2.29. The third-order valence-electron chi connectivity index (χ3n) is 2.23. The van der Waals surface area contributed by atoms with E-state index >= 15 is 0 Å². The van der Waals surface area contributed by atoms with Crippen LogP contribution in [0.1, 0.15) is 31.9 Å². The van der Waals surface area contributed by atoms with E-state index in [1.54, 1.807) is 33.8 Å². The van der Waals surface area contributed by atoms with E-state index in [4.69, 9.17) is 4.74 Å². The van der Waals surface area contributed by atoms with Crippen molar-refractivity contribution in [1.82, 2.24) is 4.98 Å². The third-order valence-corrected chi connectivity index (χ3v) is 2.23. The Kier molecular flexibility index (Phi) is 5.20. The summed E-state index contributed by atoms with van der Waals surface area (Å²) in [6, 6.07) is 1.56. The van der Waals surface area contributed by atoms with E-state index in [0.29, 0.717) is 11.1 Å². The molecular formula is C14H18F3NO3. The minimum absolute atomic E-state index is 0.00462. The molecule has 0 N–H and O–H groups in total. The Hall–Kier alpha value is -1.79. The molecule has 1 aromatic rings. The number of aryl methyl sites for hydroxylation is 1. The van der Waals surface area contributed by atoms with Crippen LogP contribution >= 0.6 is 0 Å². The molecule has 0 saturated carbocycles. The van der Waals surface area contributed by atoms with Crippen LogP contribution in [0.25, 0.3) is 0 Å². The highest BCUT2D eigenvalue weighted by atomic mass is 19.4. The molecular weight excluding hydrogens is 287 g/mol. The van der Waals surface area contributed by atoms with Gasteiger partial charge in [0.1, 0.15) is 5.60 Å². The average Bonchev–Trinajstić information content (AvgIpc) is 2.23. The van der Waals surface area contributed by atoms with Gasteiger partial charge in [0.05, 0.1) is 6.42 Å². The van der Waals surface area contributed by atoms with Crippen molar-refractivity contribution >= 4 is 5.97 Å². The van der Waals surface area contributed by atoms with Crippen LogP contribution < -0.4 is 4.74 Å². The van der Waals surface area contributed by atoms with E-state index in [2.05, 4.69) is 9.72 Å². The highest BCUT2D eigenvalue weighted by Crippen LogP contribution is 2.21. The van der Waals surface area contributed by atoms with Gasteiger partial charge in [-0.15, -0.1) is 0 Å². The molecule has 0 fully saturated rings. The summed E-state index contributed by atoms with van der Waals surface area (Å²) in [6.07, 6.45) is -3.10. The second-order valence-electron chi connectivity index (χ2n) is 5.63. The molecule has 0 aliphatic carbocycles. The second-order valence-corrected chi connectivity index (χ2v) is 5.63. The zero-order valence-corrected chi connectivity index (χ0v) is 12.4. The first kappa shape index (κ1) is 17.3. The molecule has 1 heterocycles. The Bertz CT molecular complexity index is 507. The van der Waals surface area contributed by atoms with Crippen LogP contribution in [-0.4, -0.2) is 29.3 Å². The molecule has 0 aromatic carbocycles. The molecule has 0 saturated heterocycles. The van der Waals surface area contributed by atoms with E-state index in [1.807, 2.05) is 0 Å². The van der Waals surface area contributed by atoms with Gasteiger partial charge in [0.15, 0.2) is 6.61 Å². The van der Waals surface area contributed by atoms with Gasteiger partial charge in [-0.1, -0.05) is 0 Å². The van der Waals surface area contributed by atoms with Crippen molar-refractivity contribution < 1.29 is 27.4 Å². The van der Waals surface area contributed by atoms with Crippen LogP contribution in [0.5, 0.6) is 5.88 Å². The number of nitrogens with zero attached hydrogens (tertiary/aromatic N) is 1. The maximum Gasteiger partial charge on any atom is 0.422 e. The first-order valence-electron chi connectivity index (χ1n) is 6.33. The Morgan fingerprint density at radius 1 is 1.29 bits per heavy atom. The van der Waals surface area contributed by atoms with Crippen molar-refractivity contribution in [3.05, 3.63) is 23.4 Å². The van der Waals surface area contributed by atoms with Gasteiger partial charge in [-0.25, -0.2) is 4.98 Å². The average molecular weight is 305 g/mol. The van der Waals surface area contributed by atoms with Crippen LogP contribution in [-0.2, 0) is 16.0 Å². The number of hydrogen-bond donors (Lipinski definition) is 0. The summed E-state index contributed by atoms with van der Waals surface area (Å²) in [7, 11) is 0. The Morgan fingerprint density at radius 2 is 1.90 bits per heavy atom. The molecule has 0 bridgehead atoms. The van der Waals surface area contributed by atoms with Gasteiger partial charge in [0, 0.05) is 11.8 Å². The number of carbonyl (C=O) groups is 1. The van der Waals surface area contributed by atoms with E-state index < -0.39 is 24.4 Å². The zero-order chi connectivity index (χ0) is 16.3. The Labute approximate surface area is 121 Å². The number of alkyl halides is 3. The van der Waals surface area contributed by atoms with Crippen LogP contribution in [0.3, 0.4) is 0 Å². The smallest absolute Gasteiger partial charge is 0.422 e. The predicted molar refractivity (Wildman–Crippen MR) is 70.1 cm³/mol. The number of halogens is 3. The molecule has 0 unspecified atom stereocenters. The molecule has 0 aliphatic rings. The van der Waals surface area contributed by atoms with Crippen molar-refractivity contribution in [1.29, 1.82) is 0 Å². The molecule has 21 heavy (non-hydrogen) atoms. The topological polar surface area (TPSA) is 48.4 Å². The van der Waals surface area contributed by atoms with Gasteiger partial charge in [-0.3, -0.25) is 4.79 Å². The lowest BCUT2D eigenvalue weighted by Gasteiger charge is -2.19. The zero-order valence-electron chi connectivity index (χ0n) is 12.4. The summed E-state index contributed by atoms with van der Waals surface area (Å²) in [6.45, 7) is 5.43. The molecule has 7 heteroatoms. The third kappa shape index (κ3) is 6.97. The first-order valence-corrected chi connectivity index (χ1v) is 6.33. The van der Waals surface area contributed by atoms with Crippen molar-refractivity contribution in [3.63, 3.8) is 0 Å². The summed E-state index contributed by atoms with van der Waals surface area (Å²) in [5.41, 5.74) is 0.399. The van der Waals surface area contributed by atoms with Gasteiger partial charge in [0.25, 0.3) is 0 Å². The number of esters is 1. The standard InChI is InChI=1S/C14H18F3NO3/c1-9-5-10(6-11(19)21-13(2,3)4)7-18-12(9)20-8-14(15,16)17/h5,7H,6,8H2,1-4H3. The maximum atomic E-state index is 12.1.